The summed E-state index contributed by atoms with van der Waals surface area (Å²) in [6.45, 7) is 1.04. The van der Waals surface area contributed by atoms with Gasteiger partial charge in [0.1, 0.15) is 12.4 Å². The number of ether oxygens (including phenoxy) is 1. The van der Waals surface area contributed by atoms with Crippen LogP contribution in [-0.4, -0.2) is 28.0 Å². The third-order valence-corrected chi connectivity index (χ3v) is 3.62. The number of carbonyl (C=O) groups is 1. The lowest BCUT2D eigenvalue weighted by atomic mass is 10.2. The van der Waals surface area contributed by atoms with Crippen LogP contribution in [0.1, 0.15) is 5.56 Å². The molecule has 0 aliphatic carbocycles. The molecule has 0 fully saturated rings. The Bertz CT molecular complexity index is 527. The van der Waals surface area contributed by atoms with Crippen LogP contribution in [0.5, 0.6) is 0 Å². The van der Waals surface area contributed by atoms with Gasteiger partial charge < -0.3 is 4.74 Å². The molecule has 0 saturated heterocycles. The summed E-state index contributed by atoms with van der Waals surface area (Å²) >= 11 is 0. The van der Waals surface area contributed by atoms with Gasteiger partial charge in [-0.05, 0) is 24.6 Å². The standard InChI is InChI=1S/C10H12FNO4S/c1-7-3-4-8(11)5-9(7)17(14,15)12-6-10(13)16-2/h3-5,12H,6H2,1-2H3. The van der Waals surface area contributed by atoms with Crippen molar-refractivity contribution in [2.45, 2.75) is 11.8 Å². The molecule has 1 aromatic carbocycles. The molecule has 0 bridgehead atoms. The van der Waals surface area contributed by atoms with Crippen molar-refractivity contribution >= 4 is 16.0 Å². The molecule has 0 aromatic heterocycles. The molecule has 0 aliphatic heterocycles. The van der Waals surface area contributed by atoms with E-state index in [2.05, 4.69) is 4.74 Å². The van der Waals surface area contributed by atoms with E-state index in [9.17, 15) is 17.6 Å². The molecular weight excluding hydrogens is 249 g/mol. The number of hydrogen-bond acceptors (Lipinski definition) is 4. The lowest BCUT2D eigenvalue weighted by Gasteiger charge is -2.08. The van der Waals surface area contributed by atoms with Crippen molar-refractivity contribution in [3.05, 3.63) is 29.6 Å². The SMILES string of the molecule is COC(=O)CNS(=O)(=O)c1cc(F)ccc1C. The number of aryl methyl sites for hydroxylation is 1. The Hall–Kier alpha value is -1.47. The minimum absolute atomic E-state index is 0.193. The van der Waals surface area contributed by atoms with Gasteiger partial charge in [-0.3, -0.25) is 4.79 Å². The molecule has 0 radical (unpaired) electrons. The molecule has 0 amide bonds. The van der Waals surface area contributed by atoms with Crippen molar-refractivity contribution in [2.75, 3.05) is 13.7 Å². The van der Waals surface area contributed by atoms with E-state index in [1.54, 1.807) is 0 Å². The monoisotopic (exact) mass is 261 g/mol. The summed E-state index contributed by atoms with van der Waals surface area (Å²) in [5.74, 6) is -1.38. The van der Waals surface area contributed by atoms with Crippen LogP contribution < -0.4 is 4.72 Å². The highest BCUT2D eigenvalue weighted by Crippen LogP contribution is 2.15. The first kappa shape index (κ1) is 13.6. The molecule has 0 saturated carbocycles. The van der Waals surface area contributed by atoms with E-state index < -0.39 is 28.4 Å². The fraction of sp³-hybridized carbons (Fsp3) is 0.300. The third kappa shape index (κ3) is 3.50. The first-order valence-electron chi connectivity index (χ1n) is 4.69. The molecule has 94 valence electrons. The van der Waals surface area contributed by atoms with Gasteiger partial charge in [-0.25, -0.2) is 12.8 Å². The fourth-order valence-corrected chi connectivity index (χ4v) is 2.39. The summed E-state index contributed by atoms with van der Waals surface area (Å²) in [4.78, 5) is 10.6. The zero-order valence-electron chi connectivity index (χ0n) is 9.36. The maximum absolute atomic E-state index is 13.0. The highest BCUT2D eigenvalue weighted by atomic mass is 32.2. The van der Waals surface area contributed by atoms with Crippen LogP contribution in [-0.2, 0) is 19.6 Å². The van der Waals surface area contributed by atoms with Gasteiger partial charge in [-0.15, -0.1) is 0 Å². The van der Waals surface area contributed by atoms with Crippen LogP contribution in [0.25, 0.3) is 0 Å². The Morgan fingerprint density at radius 1 is 1.47 bits per heavy atom. The molecule has 17 heavy (non-hydrogen) atoms. The summed E-state index contributed by atoms with van der Waals surface area (Å²) in [7, 11) is -2.77. The van der Waals surface area contributed by atoms with Gasteiger partial charge >= 0.3 is 5.97 Å². The molecule has 0 unspecified atom stereocenters. The van der Waals surface area contributed by atoms with E-state index >= 15 is 0 Å². The second-order valence-corrected chi connectivity index (χ2v) is 5.05. The van der Waals surface area contributed by atoms with Crippen molar-refractivity contribution in [1.29, 1.82) is 0 Å². The highest BCUT2D eigenvalue weighted by molar-refractivity contribution is 7.89. The van der Waals surface area contributed by atoms with Crippen LogP contribution in [0.15, 0.2) is 23.1 Å². The van der Waals surface area contributed by atoms with E-state index in [0.29, 0.717) is 5.56 Å². The average Bonchev–Trinajstić information content (AvgIpc) is 2.29. The molecule has 7 heteroatoms. The smallest absolute Gasteiger partial charge is 0.320 e. The number of halogens is 1. The Morgan fingerprint density at radius 2 is 2.12 bits per heavy atom. The number of carbonyl (C=O) groups excluding carboxylic acids is 1. The predicted molar refractivity (Wildman–Crippen MR) is 58.3 cm³/mol. The highest BCUT2D eigenvalue weighted by Gasteiger charge is 2.18. The van der Waals surface area contributed by atoms with Gasteiger partial charge in [-0.2, -0.15) is 4.72 Å². The number of benzene rings is 1. The molecule has 1 rings (SSSR count). The van der Waals surface area contributed by atoms with E-state index in [1.807, 2.05) is 4.72 Å². The van der Waals surface area contributed by atoms with Gasteiger partial charge in [0.25, 0.3) is 0 Å². The quantitative estimate of drug-likeness (QED) is 0.805. The summed E-state index contributed by atoms with van der Waals surface area (Å²) in [6, 6.07) is 3.41. The Kier molecular flexibility index (Phi) is 4.19. The minimum Gasteiger partial charge on any atom is -0.468 e. The van der Waals surface area contributed by atoms with Crippen LogP contribution in [0.3, 0.4) is 0 Å². The first-order valence-corrected chi connectivity index (χ1v) is 6.18. The van der Waals surface area contributed by atoms with E-state index in [0.717, 1.165) is 19.2 Å². The molecule has 0 heterocycles. The zero-order valence-corrected chi connectivity index (χ0v) is 10.2. The summed E-state index contributed by atoms with van der Waals surface area (Å²) in [5.41, 5.74) is 0.392. The third-order valence-electron chi connectivity index (χ3n) is 2.07. The molecule has 5 nitrogen and oxygen atoms in total. The van der Waals surface area contributed by atoms with Gasteiger partial charge in [-0.1, -0.05) is 6.07 Å². The van der Waals surface area contributed by atoms with Crippen molar-refractivity contribution in [3.8, 4) is 0 Å². The van der Waals surface area contributed by atoms with Crippen molar-refractivity contribution in [2.24, 2.45) is 0 Å². The summed E-state index contributed by atoms with van der Waals surface area (Å²) in [6.07, 6.45) is 0. The predicted octanol–water partition coefficient (Wildman–Crippen LogP) is 0.585. The van der Waals surface area contributed by atoms with Crippen LogP contribution >= 0.6 is 0 Å². The Morgan fingerprint density at radius 3 is 2.71 bits per heavy atom. The first-order chi connectivity index (χ1) is 7.86. The van der Waals surface area contributed by atoms with Gasteiger partial charge in [0, 0.05) is 0 Å². The molecular formula is C10H12FNO4S. The Labute approximate surface area is 98.6 Å². The number of sulfonamides is 1. The van der Waals surface area contributed by atoms with Crippen molar-refractivity contribution < 1.29 is 22.3 Å². The number of nitrogens with one attached hydrogen (secondary N) is 1. The average molecular weight is 261 g/mol. The van der Waals surface area contributed by atoms with Crippen molar-refractivity contribution in [1.82, 2.24) is 4.72 Å². The molecule has 0 aliphatic rings. The molecule has 1 aromatic rings. The molecule has 1 N–H and O–H groups in total. The largest absolute Gasteiger partial charge is 0.468 e. The maximum atomic E-state index is 13.0. The van der Waals surface area contributed by atoms with E-state index in [4.69, 9.17) is 0 Å². The maximum Gasteiger partial charge on any atom is 0.320 e. The second kappa shape index (κ2) is 5.24. The Balaban J connectivity index is 2.97. The molecule has 0 atom stereocenters. The van der Waals surface area contributed by atoms with E-state index in [1.165, 1.54) is 13.0 Å². The minimum atomic E-state index is -3.91. The fourth-order valence-electron chi connectivity index (χ4n) is 1.17. The summed E-state index contributed by atoms with van der Waals surface area (Å²) < 4.78 is 42.8. The van der Waals surface area contributed by atoms with Crippen molar-refractivity contribution in [3.63, 3.8) is 0 Å². The van der Waals surface area contributed by atoms with E-state index in [-0.39, 0.29) is 4.90 Å². The van der Waals surface area contributed by atoms with Gasteiger partial charge in [0.15, 0.2) is 0 Å². The topological polar surface area (TPSA) is 72.5 Å². The van der Waals surface area contributed by atoms with Crippen LogP contribution in [0.4, 0.5) is 4.39 Å². The second-order valence-electron chi connectivity index (χ2n) is 3.31. The molecule has 0 spiro atoms. The number of methoxy groups -OCH3 is 1. The normalized spacial score (nSPS) is 11.2. The van der Waals surface area contributed by atoms with Gasteiger partial charge in [0.2, 0.25) is 10.0 Å². The summed E-state index contributed by atoms with van der Waals surface area (Å²) in [5, 5.41) is 0. The zero-order chi connectivity index (χ0) is 13.1. The number of hydrogen-bond donors (Lipinski definition) is 1. The lowest BCUT2D eigenvalue weighted by molar-refractivity contribution is -0.139. The van der Waals surface area contributed by atoms with Crippen LogP contribution in [0.2, 0.25) is 0 Å². The van der Waals surface area contributed by atoms with Gasteiger partial charge in [0.05, 0.1) is 12.0 Å². The lowest BCUT2D eigenvalue weighted by Crippen LogP contribution is -2.30. The van der Waals surface area contributed by atoms with Crippen LogP contribution in [0, 0.1) is 12.7 Å². The number of esters is 1. The number of rotatable bonds is 4.